The van der Waals surface area contributed by atoms with Crippen molar-refractivity contribution in [3.63, 3.8) is 0 Å². The molecule has 0 spiro atoms. The van der Waals surface area contributed by atoms with E-state index in [2.05, 4.69) is 18.8 Å². The van der Waals surface area contributed by atoms with Gasteiger partial charge < -0.3 is 0 Å². The fraction of sp³-hybridized carbons (Fsp3) is 0.846. The molecule has 1 aliphatic rings. The van der Waals surface area contributed by atoms with Gasteiger partial charge in [-0.05, 0) is 25.2 Å². The van der Waals surface area contributed by atoms with E-state index >= 15 is 0 Å². The monoisotopic (exact) mass is 178 g/mol. The Kier molecular flexibility index (Phi) is 5.74. The van der Waals surface area contributed by atoms with Crippen molar-refractivity contribution in [1.82, 2.24) is 0 Å². The summed E-state index contributed by atoms with van der Waals surface area (Å²) in [6, 6.07) is 0. The molecule has 0 aromatic carbocycles. The topological polar surface area (TPSA) is 0 Å². The number of hydrogen-bond acceptors (Lipinski definition) is 0. The maximum Gasteiger partial charge on any atom is 0.0117 e. The predicted octanol–water partition coefficient (Wildman–Crippen LogP) is 4.15. The molecule has 74 valence electrons. The van der Waals surface area contributed by atoms with Crippen LogP contribution in [0.15, 0.2) is 0 Å². The van der Waals surface area contributed by atoms with Crippen LogP contribution in [0.2, 0.25) is 0 Å². The summed E-state index contributed by atoms with van der Waals surface area (Å²) in [7, 11) is 0. The molecule has 0 bridgehead atoms. The summed E-state index contributed by atoms with van der Waals surface area (Å²) in [4.78, 5) is 0. The zero-order valence-corrected chi connectivity index (χ0v) is 8.94. The first kappa shape index (κ1) is 10.6. The Bertz CT molecular complexity index is 164. The highest BCUT2D eigenvalue weighted by Gasteiger charge is 2.11. The van der Waals surface area contributed by atoms with Crippen LogP contribution in [0.25, 0.3) is 0 Å². The van der Waals surface area contributed by atoms with E-state index in [0.29, 0.717) is 0 Å². The Hall–Kier alpha value is -0.440. The first-order valence-electron chi connectivity index (χ1n) is 5.89. The predicted molar refractivity (Wildman–Crippen MR) is 58.5 cm³/mol. The molecule has 13 heavy (non-hydrogen) atoms. The molecule has 0 aromatic rings. The molecular weight excluding hydrogens is 156 g/mol. The standard InChI is InChI=1S/C13H22/c1-2-3-4-5-7-10-13-11-8-6-9-12-13/h13H,2-4,6,8-12H2,1H3. The third-order valence-electron chi connectivity index (χ3n) is 2.90. The molecule has 0 aromatic heterocycles. The van der Waals surface area contributed by atoms with E-state index in [4.69, 9.17) is 0 Å². The van der Waals surface area contributed by atoms with E-state index in [-0.39, 0.29) is 0 Å². The molecule has 0 radical (unpaired) electrons. The Morgan fingerprint density at radius 2 is 1.85 bits per heavy atom. The SMILES string of the molecule is CCCCC#CCC1CCCCC1. The summed E-state index contributed by atoms with van der Waals surface area (Å²) in [6.45, 7) is 2.23. The van der Waals surface area contributed by atoms with Crippen molar-refractivity contribution >= 4 is 0 Å². The van der Waals surface area contributed by atoms with Crippen LogP contribution in [-0.2, 0) is 0 Å². The Balaban J connectivity index is 2.04. The first-order chi connectivity index (χ1) is 6.43. The minimum atomic E-state index is 0.933. The summed E-state index contributed by atoms with van der Waals surface area (Å²) >= 11 is 0. The lowest BCUT2D eigenvalue weighted by molar-refractivity contribution is 0.365. The lowest BCUT2D eigenvalue weighted by Gasteiger charge is -2.18. The smallest absolute Gasteiger partial charge is 0.0117 e. The highest BCUT2D eigenvalue weighted by Crippen LogP contribution is 2.25. The van der Waals surface area contributed by atoms with Gasteiger partial charge in [-0.1, -0.05) is 32.6 Å². The minimum Gasteiger partial charge on any atom is -0.103 e. The van der Waals surface area contributed by atoms with E-state index < -0.39 is 0 Å². The van der Waals surface area contributed by atoms with Crippen LogP contribution >= 0.6 is 0 Å². The Morgan fingerprint density at radius 1 is 1.08 bits per heavy atom. The maximum atomic E-state index is 3.34. The van der Waals surface area contributed by atoms with Gasteiger partial charge in [0.05, 0.1) is 0 Å². The Morgan fingerprint density at radius 3 is 2.54 bits per heavy atom. The van der Waals surface area contributed by atoms with Gasteiger partial charge in [-0.15, -0.1) is 11.8 Å². The van der Waals surface area contributed by atoms with Gasteiger partial charge in [0.25, 0.3) is 0 Å². The molecule has 0 heteroatoms. The molecule has 1 saturated carbocycles. The van der Waals surface area contributed by atoms with Crippen LogP contribution < -0.4 is 0 Å². The number of unbranched alkanes of at least 4 members (excludes halogenated alkanes) is 2. The van der Waals surface area contributed by atoms with Gasteiger partial charge in [-0.25, -0.2) is 0 Å². The molecular formula is C13H22. The van der Waals surface area contributed by atoms with E-state index in [1.165, 1.54) is 51.4 Å². The van der Waals surface area contributed by atoms with Crippen LogP contribution in [0.1, 0.15) is 64.7 Å². The van der Waals surface area contributed by atoms with Crippen LogP contribution in [-0.4, -0.2) is 0 Å². The molecule has 1 fully saturated rings. The van der Waals surface area contributed by atoms with Crippen LogP contribution in [0.3, 0.4) is 0 Å². The second-order valence-corrected chi connectivity index (χ2v) is 4.17. The summed E-state index contributed by atoms with van der Waals surface area (Å²) in [5.74, 6) is 7.56. The third kappa shape index (κ3) is 4.98. The molecule has 0 unspecified atom stereocenters. The highest BCUT2D eigenvalue weighted by molar-refractivity contribution is 5.00. The lowest BCUT2D eigenvalue weighted by Crippen LogP contribution is -2.04. The second kappa shape index (κ2) is 7.01. The summed E-state index contributed by atoms with van der Waals surface area (Å²) in [5.41, 5.74) is 0. The van der Waals surface area contributed by atoms with Crippen molar-refractivity contribution in [3.05, 3.63) is 0 Å². The van der Waals surface area contributed by atoms with E-state index in [1.807, 2.05) is 0 Å². The third-order valence-corrected chi connectivity index (χ3v) is 2.90. The average molecular weight is 178 g/mol. The van der Waals surface area contributed by atoms with Crippen LogP contribution in [0.5, 0.6) is 0 Å². The average Bonchev–Trinajstić information content (AvgIpc) is 2.19. The Labute approximate surface area is 83.1 Å². The van der Waals surface area contributed by atoms with Crippen molar-refractivity contribution in [2.45, 2.75) is 64.7 Å². The lowest BCUT2D eigenvalue weighted by atomic mass is 9.87. The van der Waals surface area contributed by atoms with Gasteiger partial charge in [0, 0.05) is 12.8 Å². The number of rotatable bonds is 3. The molecule has 0 aliphatic heterocycles. The minimum absolute atomic E-state index is 0.933. The fourth-order valence-electron chi connectivity index (χ4n) is 1.96. The molecule has 0 nitrogen and oxygen atoms in total. The van der Waals surface area contributed by atoms with Gasteiger partial charge in [-0.3, -0.25) is 0 Å². The summed E-state index contributed by atoms with van der Waals surface area (Å²) in [6.07, 6.45) is 12.1. The molecule has 0 atom stereocenters. The molecule has 0 N–H and O–H groups in total. The fourth-order valence-corrected chi connectivity index (χ4v) is 1.96. The normalized spacial score (nSPS) is 17.9. The van der Waals surface area contributed by atoms with E-state index in [1.54, 1.807) is 0 Å². The van der Waals surface area contributed by atoms with Gasteiger partial charge in [0.1, 0.15) is 0 Å². The van der Waals surface area contributed by atoms with E-state index in [9.17, 15) is 0 Å². The summed E-state index contributed by atoms with van der Waals surface area (Å²) < 4.78 is 0. The molecule has 1 aliphatic carbocycles. The molecule has 0 saturated heterocycles. The quantitative estimate of drug-likeness (QED) is 0.450. The van der Waals surface area contributed by atoms with Gasteiger partial charge in [0.15, 0.2) is 0 Å². The van der Waals surface area contributed by atoms with Crippen molar-refractivity contribution < 1.29 is 0 Å². The van der Waals surface area contributed by atoms with Gasteiger partial charge >= 0.3 is 0 Å². The first-order valence-corrected chi connectivity index (χ1v) is 5.89. The maximum absolute atomic E-state index is 3.34. The zero-order chi connectivity index (χ0) is 9.36. The second-order valence-electron chi connectivity index (χ2n) is 4.17. The molecule has 0 amide bonds. The van der Waals surface area contributed by atoms with E-state index in [0.717, 1.165) is 12.3 Å². The van der Waals surface area contributed by atoms with Crippen LogP contribution in [0.4, 0.5) is 0 Å². The van der Waals surface area contributed by atoms with Crippen molar-refractivity contribution in [3.8, 4) is 11.8 Å². The number of hydrogen-bond donors (Lipinski definition) is 0. The van der Waals surface area contributed by atoms with Crippen molar-refractivity contribution in [2.24, 2.45) is 5.92 Å². The molecule has 1 rings (SSSR count). The van der Waals surface area contributed by atoms with Crippen molar-refractivity contribution in [1.29, 1.82) is 0 Å². The highest BCUT2D eigenvalue weighted by atomic mass is 14.2. The van der Waals surface area contributed by atoms with Crippen LogP contribution in [0, 0.1) is 17.8 Å². The van der Waals surface area contributed by atoms with Gasteiger partial charge in [0.2, 0.25) is 0 Å². The largest absolute Gasteiger partial charge is 0.103 e. The van der Waals surface area contributed by atoms with Gasteiger partial charge in [-0.2, -0.15) is 0 Å². The van der Waals surface area contributed by atoms with Crippen molar-refractivity contribution in [2.75, 3.05) is 0 Å². The summed E-state index contributed by atoms with van der Waals surface area (Å²) in [5, 5.41) is 0. The zero-order valence-electron chi connectivity index (χ0n) is 8.94. The molecule has 0 heterocycles.